The number of halogens is 4. The number of aromatic nitrogens is 3. The molecule has 0 N–H and O–H groups in total. The molecule has 0 aliphatic rings. The van der Waals surface area contributed by atoms with Gasteiger partial charge in [-0.15, -0.1) is 0 Å². The van der Waals surface area contributed by atoms with E-state index in [0.29, 0.717) is 35.2 Å². The number of alkyl halides is 3. The zero-order valence-electron chi connectivity index (χ0n) is 18.0. The third-order valence-electron chi connectivity index (χ3n) is 5.12. The van der Waals surface area contributed by atoms with E-state index >= 15 is 0 Å². The van der Waals surface area contributed by atoms with Crippen LogP contribution in [0.4, 0.5) is 18.9 Å². The third-order valence-corrected chi connectivity index (χ3v) is 5.43. The summed E-state index contributed by atoms with van der Waals surface area (Å²) < 4.78 is 51.7. The fraction of sp³-hybridized carbons (Fsp3) is 0.227. The van der Waals surface area contributed by atoms with Crippen LogP contribution in [0.3, 0.4) is 0 Å². The van der Waals surface area contributed by atoms with Gasteiger partial charge in [0.2, 0.25) is 5.82 Å². The van der Waals surface area contributed by atoms with Crippen molar-refractivity contribution in [2.45, 2.75) is 26.1 Å². The second-order valence-electron chi connectivity index (χ2n) is 7.37. The van der Waals surface area contributed by atoms with Gasteiger partial charge in [-0.1, -0.05) is 16.8 Å². The number of aryl methyl sites for hydroxylation is 1. The Hall–Kier alpha value is -3.93. The molecule has 0 atom stereocenters. The normalized spacial score (nSPS) is 11.7. The highest BCUT2D eigenvalue weighted by molar-refractivity contribution is 6.35. The number of nitro groups is 1. The predicted octanol–water partition coefficient (Wildman–Crippen LogP) is 5.89. The average molecular weight is 509 g/mol. The van der Waals surface area contributed by atoms with E-state index in [2.05, 4.69) is 10.1 Å². The molecule has 2 aromatic heterocycles. The van der Waals surface area contributed by atoms with Crippen molar-refractivity contribution in [3.05, 3.63) is 63.3 Å². The SMILES string of the molecule is CCOC(=O)CCn1cc(Cl)c2cc(-c3noc(-c4ccc([N+](=O)[O-])c(C(F)(F)F)c4)n3)ccc21. The van der Waals surface area contributed by atoms with Crippen LogP contribution in [0.1, 0.15) is 18.9 Å². The zero-order valence-corrected chi connectivity index (χ0v) is 18.8. The van der Waals surface area contributed by atoms with Crippen LogP contribution >= 0.6 is 11.6 Å². The number of carbonyl (C=O) groups excluding carboxylic acids is 1. The van der Waals surface area contributed by atoms with Gasteiger partial charge in [-0.3, -0.25) is 14.9 Å². The Morgan fingerprint density at radius 3 is 2.66 bits per heavy atom. The molecule has 4 rings (SSSR count). The van der Waals surface area contributed by atoms with Gasteiger partial charge in [0.25, 0.3) is 11.6 Å². The molecule has 9 nitrogen and oxygen atoms in total. The highest BCUT2D eigenvalue weighted by atomic mass is 35.5. The van der Waals surface area contributed by atoms with Gasteiger partial charge in [0.1, 0.15) is 5.56 Å². The number of rotatable bonds is 7. The lowest BCUT2D eigenvalue weighted by atomic mass is 10.1. The molecule has 0 bridgehead atoms. The minimum Gasteiger partial charge on any atom is -0.466 e. The summed E-state index contributed by atoms with van der Waals surface area (Å²) in [6.45, 7) is 2.37. The van der Waals surface area contributed by atoms with E-state index < -0.39 is 22.4 Å². The topological polar surface area (TPSA) is 113 Å². The van der Waals surface area contributed by atoms with Crippen molar-refractivity contribution in [1.29, 1.82) is 0 Å². The molecule has 0 aliphatic carbocycles. The Morgan fingerprint density at radius 2 is 1.97 bits per heavy atom. The van der Waals surface area contributed by atoms with E-state index in [9.17, 15) is 28.1 Å². The molecule has 2 heterocycles. The summed E-state index contributed by atoms with van der Waals surface area (Å²) in [7, 11) is 0. The van der Waals surface area contributed by atoms with Gasteiger partial charge in [0.15, 0.2) is 0 Å². The summed E-state index contributed by atoms with van der Waals surface area (Å²) in [5.41, 5.74) is -1.39. The smallest absolute Gasteiger partial charge is 0.423 e. The average Bonchev–Trinajstić information content (AvgIpc) is 3.42. The summed E-state index contributed by atoms with van der Waals surface area (Å²) in [6, 6.07) is 7.54. The predicted molar refractivity (Wildman–Crippen MR) is 119 cm³/mol. The Kier molecular flexibility index (Phi) is 6.48. The summed E-state index contributed by atoms with van der Waals surface area (Å²) >= 11 is 6.35. The maximum absolute atomic E-state index is 13.3. The van der Waals surface area contributed by atoms with E-state index in [1.54, 1.807) is 35.9 Å². The quantitative estimate of drug-likeness (QED) is 0.174. The van der Waals surface area contributed by atoms with Crippen LogP contribution in [-0.2, 0) is 22.3 Å². The number of nitro benzene ring substituents is 1. The van der Waals surface area contributed by atoms with Crippen molar-refractivity contribution >= 4 is 34.2 Å². The van der Waals surface area contributed by atoms with Crippen LogP contribution in [0.25, 0.3) is 33.7 Å². The van der Waals surface area contributed by atoms with E-state index in [4.69, 9.17) is 20.9 Å². The van der Waals surface area contributed by atoms with Crippen LogP contribution in [-0.4, -0.2) is 32.2 Å². The number of fused-ring (bicyclic) bond motifs is 1. The molecule has 182 valence electrons. The molecule has 0 saturated heterocycles. The molecule has 13 heteroatoms. The Bertz CT molecular complexity index is 1430. The fourth-order valence-corrected chi connectivity index (χ4v) is 3.81. The lowest BCUT2D eigenvalue weighted by Crippen LogP contribution is -2.09. The Balaban J connectivity index is 1.64. The molecule has 0 amide bonds. The Morgan fingerprint density at radius 1 is 1.23 bits per heavy atom. The number of hydrogen-bond donors (Lipinski definition) is 0. The molecule has 0 unspecified atom stereocenters. The number of hydrogen-bond acceptors (Lipinski definition) is 7. The number of benzene rings is 2. The van der Waals surface area contributed by atoms with Crippen LogP contribution < -0.4 is 0 Å². The summed E-state index contributed by atoms with van der Waals surface area (Å²) in [5, 5.41) is 15.9. The van der Waals surface area contributed by atoms with Crippen molar-refractivity contribution in [3.63, 3.8) is 0 Å². The van der Waals surface area contributed by atoms with E-state index in [-0.39, 0.29) is 29.7 Å². The number of ether oxygens (including phenoxy) is 1. The molecule has 2 aromatic carbocycles. The second kappa shape index (κ2) is 9.37. The largest absolute Gasteiger partial charge is 0.466 e. The van der Waals surface area contributed by atoms with Crippen LogP contribution in [0.2, 0.25) is 5.02 Å². The molecule has 0 spiro atoms. The lowest BCUT2D eigenvalue weighted by Gasteiger charge is -2.07. The molecule has 4 aromatic rings. The summed E-state index contributed by atoms with van der Waals surface area (Å²) in [6.07, 6.45) is -3.10. The maximum atomic E-state index is 13.3. The van der Waals surface area contributed by atoms with Gasteiger partial charge in [-0.05, 0) is 37.3 Å². The highest BCUT2D eigenvalue weighted by Gasteiger charge is 2.38. The molecule has 35 heavy (non-hydrogen) atoms. The van der Waals surface area contributed by atoms with Crippen molar-refractivity contribution < 1.29 is 32.1 Å². The number of nitrogens with zero attached hydrogens (tertiary/aromatic N) is 4. The molecule has 0 radical (unpaired) electrons. The summed E-state index contributed by atoms with van der Waals surface area (Å²) in [5.74, 6) is -0.482. The fourth-order valence-electron chi connectivity index (χ4n) is 3.54. The number of esters is 1. The molecular weight excluding hydrogens is 493 g/mol. The Labute approximate surface area is 200 Å². The highest BCUT2D eigenvalue weighted by Crippen LogP contribution is 2.38. The van der Waals surface area contributed by atoms with Crippen molar-refractivity contribution in [2.24, 2.45) is 0 Å². The van der Waals surface area contributed by atoms with E-state index in [1.807, 2.05) is 0 Å². The van der Waals surface area contributed by atoms with Crippen LogP contribution in [0.5, 0.6) is 0 Å². The van der Waals surface area contributed by atoms with Crippen molar-refractivity contribution in [1.82, 2.24) is 14.7 Å². The first-order chi connectivity index (χ1) is 16.6. The maximum Gasteiger partial charge on any atom is 0.423 e. The first-order valence-electron chi connectivity index (χ1n) is 10.2. The van der Waals surface area contributed by atoms with Gasteiger partial charge >= 0.3 is 12.1 Å². The second-order valence-corrected chi connectivity index (χ2v) is 7.77. The van der Waals surface area contributed by atoms with Crippen LogP contribution in [0.15, 0.2) is 47.1 Å². The number of carbonyl (C=O) groups is 1. The van der Waals surface area contributed by atoms with Gasteiger partial charge in [0.05, 0.1) is 23.0 Å². The standard InChI is InChI=1S/C22H16ClF3N4O5/c1-2-34-19(31)7-8-29-11-16(23)14-9-12(3-5-17(14)29)20-27-21(35-28-20)13-4-6-18(30(32)33)15(10-13)22(24,25)26/h3-6,9-11H,2,7-8H2,1H3. The van der Waals surface area contributed by atoms with E-state index in [1.165, 1.54) is 0 Å². The lowest BCUT2D eigenvalue weighted by molar-refractivity contribution is -0.388. The molecule has 0 saturated carbocycles. The minimum atomic E-state index is -4.94. The van der Waals surface area contributed by atoms with E-state index in [0.717, 1.165) is 17.6 Å². The van der Waals surface area contributed by atoms with Crippen molar-refractivity contribution in [3.8, 4) is 22.8 Å². The monoisotopic (exact) mass is 508 g/mol. The first-order valence-corrected chi connectivity index (χ1v) is 10.6. The van der Waals surface area contributed by atoms with Gasteiger partial charge in [-0.2, -0.15) is 18.2 Å². The zero-order chi connectivity index (χ0) is 25.3. The van der Waals surface area contributed by atoms with Gasteiger partial charge in [-0.25, -0.2) is 0 Å². The third kappa shape index (κ3) is 4.97. The van der Waals surface area contributed by atoms with Crippen LogP contribution in [0, 0.1) is 10.1 Å². The molecule has 0 fully saturated rings. The minimum absolute atomic E-state index is 0.0872. The molecule has 0 aliphatic heterocycles. The van der Waals surface area contributed by atoms with Crippen molar-refractivity contribution in [2.75, 3.05) is 6.61 Å². The summed E-state index contributed by atoms with van der Waals surface area (Å²) in [4.78, 5) is 25.7. The van der Waals surface area contributed by atoms with Gasteiger partial charge in [0, 0.05) is 40.8 Å². The van der Waals surface area contributed by atoms with Gasteiger partial charge < -0.3 is 13.8 Å². The first kappa shape index (κ1) is 24.2. The molecular formula is C22H16ClF3N4O5.